The van der Waals surface area contributed by atoms with Gasteiger partial charge in [0.2, 0.25) is 5.91 Å². The van der Waals surface area contributed by atoms with E-state index in [0.717, 1.165) is 9.87 Å². The topological polar surface area (TPSA) is 111 Å². The van der Waals surface area contributed by atoms with Gasteiger partial charge in [0.15, 0.2) is 11.5 Å². The van der Waals surface area contributed by atoms with Gasteiger partial charge in [0.1, 0.15) is 6.54 Å². The van der Waals surface area contributed by atoms with Crippen LogP contribution in [0, 0.1) is 6.92 Å². The Balaban J connectivity index is 1.99. The quantitative estimate of drug-likeness (QED) is 0.449. The number of hydrogen-bond donors (Lipinski definition) is 1. The van der Waals surface area contributed by atoms with E-state index >= 15 is 0 Å². The van der Waals surface area contributed by atoms with Crippen LogP contribution >= 0.6 is 0 Å². The molecule has 1 amide bonds. The van der Waals surface area contributed by atoms with E-state index in [9.17, 15) is 18.0 Å². The van der Waals surface area contributed by atoms with Crippen molar-refractivity contribution in [3.63, 3.8) is 0 Å². The fraction of sp³-hybridized carbons (Fsp3) is 0.200. The molecule has 0 bridgehead atoms. The van der Waals surface area contributed by atoms with Crippen LogP contribution in [0.5, 0.6) is 11.5 Å². The van der Waals surface area contributed by atoms with Crippen molar-refractivity contribution < 1.29 is 32.2 Å². The molecule has 0 saturated heterocycles. The number of esters is 1. The van der Waals surface area contributed by atoms with Crippen LogP contribution in [0.3, 0.4) is 0 Å². The van der Waals surface area contributed by atoms with Gasteiger partial charge in [-0.2, -0.15) is 0 Å². The normalized spacial score (nSPS) is 10.9. The first-order valence-electron chi connectivity index (χ1n) is 10.5. The van der Waals surface area contributed by atoms with Crippen LogP contribution in [0.2, 0.25) is 0 Å². The number of hydrogen-bond acceptors (Lipinski definition) is 7. The molecule has 0 aliphatic heterocycles. The minimum absolute atomic E-state index is 0.0196. The van der Waals surface area contributed by atoms with Crippen molar-refractivity contribution in [2.45, 2.75) is 11.8 Å². The van der Waals surface area contributed by atoms with Crippen LogP contribution in [-0.2, 0) is 19.6 Å². The van der Waals surface area contributed by atoms with Gasteiger partial charge in [-0.25, -0.2) is 13.2 Å². The zero-order valence-corrected chi connectivity index (χ0v) is 20.6. The summed E-state index contributed by atoms with van der Waals surface area (Å²) >= 11 is 0. The van der Waals surface area contributed by atoms with Crippen molar-refractivity contribution in [2.75, 3.05) is 37.5 Å². The molecular formula is C25H26N2O7S. The number of amides is 1. The standard InChI is InChI=1S/C25H26N2O7S/c1-17-10-12-19(13-11-17)35(30,31)27(18-8-6-5-7-9-18)16-24(28)26-21-15-23(33-3)22(32-2)14-20(21)25(29)34-4/h5-15H,16H2,1-4H3,(H,26,28). The lowest BCUT2D eigenvalue weighted by Crippen LogP contribution is -2.38. The van der Waals surface area contributed by atoms with Gasteiger partial charge in [-0.1, -0.05) is 35.9 Å². The zero-order valence-electron chi connectivity index (χ0n) is 19.8. The van der Waals surface area contributed by atoms with Crippen molar-refractivity contribution >= 4 is 33.3 Å². The number of nitrogens with zero attached hydrogens (tertiary/aromatic N) is 1. The average Bonchev–Trinajstić information content (AvgIpc) is 2.87. The number of aryl methyl sites for hydroxylation is 1. The lowest BCUT2D eigenvalue weighted by Gasteiger charge is -2.24. The molecule has 35 heavy (non-hydrogen) atoms. The summed E-state index contributed by atoms with van der Waals surface area (Å²) in [4.78, 5) is 25.5. The summed E-state index contributed by atoms with van der Waals surface area (Å²) < 4.78 is 43.2. The first-order valence-corrected chi connectivity index (χ1v) is 11.9. The predicted octanol–water partition coefficient (Wildman–Crippen LogP) is 3.63. The molecule has 0 unspecified atom stereocenters. The number of carbonyl (C=O) groups is 2. The highest BCUT2D eigenvalue weighted by Gasteiger charge is 2.28. The van der Waals surface area contributed by atoms with Gasteiger partial charge in [0, 0.05) is 12.1 Å². The van der Waals surface area contributed by atoms with Gasteiger partial charge in [-0.05, 0) is 31.2 Å². The summed E-state index contributed by atoms with van der Waals surface area (Å²) in [6.07, 6.45) is 0. The first-order chi connectivity index (χ1) is 16.7. The summed E-state index contributed by atoms with van der Waals surface area (Å²) in [6.45, 7) is 1.30. The number of para-hydroxylation sites is 1. The maximum atomic E-state index is 13.5. The average molecular weight is 499 g/mol. The molecule has 3 aromatic rings. The second kappa shape index (κ2) is 10.9. The van der Waals surface area contributed by atoms with E-state index in [0.29, 0.717) is 5.69 Å². The summed E-state index contributed by atoms with van der Waals surface area (Å²) in [7, 11) is -0.0555. The fourth-order valence-corrected chi connectivity index (χ4v) is 4.75. The second-order valence-electron chi connectivity index (χ2n) is 7.45. The van der Waals surface area contributed by atoms with Gasteiger partial charge in [-0.15, -0.1) is 0 Å². The molecule has 184 valence electrons. The molecule has 3 aromatic carbocycles. The Bertz CT molecular complexity index is 1310. The Hall–Kier alpha value is -4.05. The molecule has 0 saturated carbocycles. The number of methoxy groups -OCH3 is 3. The molecule has 0 radical (unpaired) electrons. The van der Waals surface area contributed by atoms with Gasteiger partial charge >= 0.3 is 5.97 Å². The van der Waals surface area contributed by atoms with Gasteiger partial charge in [0.05, 0.1) is 43.2 Å². The van der Waals surface area contributed by atoms with E-state index in [1.165, 1.54) is 45.6 Å². The van der Waals surface area contributed by atoms with Crippen LogP contribution in [-0.4, -0.2) is 48.2 Å². The van der Waals surface area contributed by atoms with E-state index in [2.05, 4.69) is 5.32 Å². The molecule has 9 nitrogen and oxygen atoms in total. The molecule has 10 heteroatoms. The van der Waals surface area contributed by atoms with Crippen molar-refractivity contribution in [2.24, 2.45) is 0 Å². The van der Waals surface area contributed by atoms with Crippen LogP contribution in [0.1, 0.15) is 15.9 Å². The Morgan fingerprint density at radius 2 is 1.49 bits per heavy atom. The molecule has 0 aromatic heterocycles. The molecule has 0 aliphatic carbocycles. The Morgan fingerprint density at radius 1 is 0.886 bits per heavy atom. The van der Waals surface area contributed by atoms with Crippen molar-refractivity contribution in [3.8, 4) is 11.5 Å². The largest absolute Gasteiger partial charge is 0.493 e. The lowest BCUT2D eigenvalue weighted by molar-refractivity contribution is -0.114. The maximum Gasteiger partial charge on any atom is 0.340 e. The number of ether oxygens (including phenoxy) is 3. The van der Waals surface area contributed by atoms with E-state index < -0.39 is 28.4 Å². The second-order valence-corrected chi connectivity index (χ2v) is 9.32. The van der Waals surface area contributed by atoms with E-state index in [1.54, 1.807) is 42.5 Å². The summed E-state index contributed by atoms with van der Waals surface area (Å²) in [5, 5.41) is 2.60. The minimum Gasteiger partial charge on any atom is -0.493 e. The third-order valence-corrected chi connectivity index (χ3v) is 6.93. The minimum atomic E-state index is -4.08. The summed E-state index contributed by atoms with van der Waals surface area (Å²) in [6, 6.07) is 17.4. The summed E-state index contributed by atoms with van der Waals surface area (Å²) in [5.41, 5.74) is 1.31. The number of anilines is 2. The molecule has 0 atom stereocenters. The maximum absolute atomic E-state index is 13.5. The molecular weight excluding hydrogens is 472 g/mol. The van der Waals surface area contributed by atoms with Gasteiger partial charge < -0.3 is 19.5 Å². The van der Waals surface area contributed by atoms with Crippen LogP contribution in [0.25, 0.3) is 0 Å². The lowest BCUT2D eigenvalue weighted by atomic mass is 10.1. The predicted molar refractivity (Wildman–Crippen MR) is 132 cm³/mol. The van der Waals surface area contributed by atoms with E-state index in [4.69, 9.17) is 14.2 Å². The van der Waals surface area contributed by atoms with Crippen molar-refractivity contribution in [3.05, 3.63) is 77.9 Å². The van der Waals surface area contributed by atoms with E-state index in [-0.39, 0.29) is 27.6 Å². The SMILES string of the molecule is COC(=O)c1cc(OC)c(OC)cc1NC(=O)CN(c1ccccc1)S(=O)(=O)c1ccc(C)cc1. The zero-order chi connectivity index (χ0) is 25.6. The number of benzene rings is 3. The highest BCUT2D eigenvalue weighted by atomic mass is 32.2. The highest BCUT2D eigenvalue weighted by Crippen LogP contribution is 2.34. The Labute approximate surface area is 204 Å². The number of sulfonamides is 1. The fourth-order valence-electron chi connectivity index (χ4n) is 3.33. The van der Waals surface area contributed by atoms with Gasteiger partial charge in [-0.3, -0.25) is 9.10 Å². The molecule has 0 spiro atoms. The van der Waals surface area contributed by atoms with E-state index in [1.807, 2.05) is 6.92 Å². The van der Waals surface area contributed by atoms with Crippen LogP contribution in [0.4, 0.5) is 11.4 Å². The molecule has 3 rings (SSSR count). The molecule has 0 aliphatic rings. The smallest absolute Gasteiger partial charge is 0.340 e. The Kier molecular flexibility index (Phi) is 7.98. The van der Waals surface area contributed by atoms with Crippen LogP contribution in [0.15, 0.2) is 71.6 Å². The van der Waals surface area contributed by atoms with Crippen molar-refractivity contribution in [1.29, 1.82) is 0 Å². The third kappa shape index (κ3) is 5.72. The Morgan fingerprint density at radius 3 is 2.06 bits per heavy atom. The number of nitrogens with one attached hydrogen (secondary N) is 1. The van der Waals surface area contributed by atoms with Gasteiger partial charge in [0.25, 0.3) is 10.0 Å². The monoisotopic (exact) mass is 498 g/mol. The molecule has 1 N–H and O–H groups in total. The molecule has 0 fully saturated rings. The number of carbonyl (C=O) groups excluding carboxylic acids is 2. The van der Waals surface area contributed by atoms with Crippen molar-refractivity contribution in [1.82, 2.24) is 0 Å². The third-order valence-electron chi connectivity index (χ3n) is 5.14. The molecule has 0 heterocycles. The summed E-state index contributed by atoms with van der Waals surface area (Å²) in [5.74, 6) is -0.864. The van der Waals surface area contributed by atoms with Crippen LogP contribution < -0.4 is 19.1 Å². The highest BCUT2D eigenvalue weighted by molar-refractivity contribution is 7.92. The number of rotatable bonds is 9. The first kappa shape index (κ1) is 25.6.